The Morgan fingerprint density at radius 1 is 0.500 bits per heavy atom. The second-order valence-corrected chi connectivity index (χ2v) is 12.4. The lowest BCUT2D eigenvalue weighted by atomic mass is 9.82. The number of hydrogen-bond acceptors (Lipinski definition) is 2. The van der Waals surface area contributed by atoms with Crippen LogP contribution in [0.3, 0.4) is 0 Å². The van der Waals surface area contributed by atoms with Crippen LogP contribution in [0.4, 0.5) is 20.2 Å². The summed E-state index contributed by atoms with van der Waals surface area (Å²) < 4.78 is 28.3. The van der Waals surface area contributed by atoms with Crippen molar-refractivity contribution in [1.82, 2.24) is 0 Å². The first kappa shape index (κ1) is 29.5. The fourth-order valence-electron chi connectivity index (χ4n) is 7.02. The van der Waals surface area contributed by atoms with E-state index in [0.717, 1.165) is 83.6 Å². The molecule has 0 aliphatic heterocycles. The lowest BCUT2D eigenvalue weighted by Crippen LogP contribution is -2.12. The molecule has 0 aromatic heterocycles. The zero-order valence-electron chi connectivity index (χ0n) is 26.6. The topological polar surface area (TPSA) is 24.7 Å². The Labute approximate surface area is 268 Å². The predicted octanol–water partition coefficient (Wildman–Crippen LogP) is 11.1. The maximum absolute atomic E-state index is 14.1. The van der Waals surface area contributed by atoms with Crippen LogP contribution in [-0.2, 0) is 0 Å². The maximum atomic E-state index is 14.1. The molecule has 0 N–H and O–H groups in total. The van der Waals surface area contributed by atoms with Crippen molar-refractivity contribution < 1.29 is 8.78 Å². The van der Waals surface area contributed by atoms with E-state index >= 15 is 0 Å². The zero-order chi connectivity index (χ0) is 32.1. The molecule has 0 atom stereocenters. The Hall–Kier alpha value is -5.22. The summed E-state index contributed by atoms with van der Waals surface area (Å²) in [7, 11) is 0. The van der Waals surface area contributed by atoms with Crippen LogP contribution in [0.2, 0.25) is 0 Å². The van der Waals surface area contributed by atoms with Crippen molar-refractivity contribution in [2.75, 3.05) is 0 Å². The first-order valence-corrected chi connectivity index (χ1v) is 15.6. The van der Waals surface area contributed by atoms with Gasteiger partial charge in [-0.1, -0.05) is 96.1 Å². The predicted molar refractivity (Wildman–Crippen MR) is 187 cm³/mol. The smallest absolute Gasteiger partial charge is 0.123 e. The average molecular weight is 605 g/mol. The third-order valence-electron chi connectivity index (χ3n) is 8.91. The normalized spacial score (nSPS) is 14.3. The third kappa shape index (κ3) is 5.24. The van der Waals surface area contributed by atoms with Gasteiger partial charge in [0.1, 0.15) is 11.6 Å². The van der Waals surface area contributed by atoms with Crippen molar-refractivity contribution in [3.8, 4) is 0 Å². The average Bonchev–Trinajstić information content (AvgIpc) is 3.32. The van der Waals surface area contributed by atoms with Crippen molar-refractivity contribution in [1.29, 1.82) is 0 Å². The van der Waals surface area contributed by atoms with Crippen LogP contribution in [0.15, 0.2) is 119 Å². The maximum Gasteiger partial charge on any atom is 0.123 e. The minimum Gasteiger partial charge on any atom is -0.246 e. The van der Waals surface area contributed by atoms with E-state index in [1.807, 2.05) is 0 Å². The van der Waals surface area contributed by atoms with Crippen LogP contribution in [0, 0.1) is 46.3 Å². The lowest BCUT2D eigenvalue weighted by molar-refractivity contribution is 0.626. The van der Waals surface area contributed by atoms with Gasteiger partial charge in [-0.25, -0.2) is 18.8 Å². The van der Waals surface area contributed by atoms with Crippen LogP contribution in [0.1, 0.15) is 61.6 Å². The van der Waals surface area contributed by atoms with Crippen LogP contribution in [0.5, 0.6) is 0 Å². The summed E-state index contributed by atoms with van der Waals surface area (Å²) >= 11 is 0. The van der Waals surface area contributed by atoms with E-state index in [0.29, 0.717) is 0 Å². The van der Waals surface area contributed by atoms with Crippen molar-refractivity contribution >= 4 is 33.6 Å². The van der Waals surface area contributed by atoms with E-state index in [4.69, 9.17) is 9.98 Å². The highest BCUT2D eigenvalue weighted by Gasteiger charge is 2.29. The summed E-state index contributed by atoms with van der Waals surface area (Å²) in [4.78, 5) is 10.9. The molecule has 0 bridgehead atoms. The molecule has 0 saturated heterocycles. The number of aryl methyl sites for hydroxylation is 5. The lowest BCUT2D eigenvalue weighted by Gasteiger charge is -2.23. The van der Waals surface area contributed by atoms with Gasteiger partial charge >= 0.3 is 0 Å². The number of nitrogens with zero attached hydrogens (tertiary/aromatic N) is 2. The van der Waals surface area contributed by atoms with E-state index in [9.17, 15) is 8.78 Å². The van der Waals surface area contributed by atoms with E-state index in [-0.39, 0.29) is 17.6 Å². The van der Waals surface area contributed by atoms with Gasteiger partial charge in [0.15, 0.2) is 0 Å². The molecule has 6 aromatic carbocycles. The second kappa shape index (κ2) is 11.6. The van der Waals surface area contributed by atoms with Gasteiger partial charge < -0.3 is 0 Å². The molecule has 0 amide bonds. The first-order chi connectivity index (χ1) is 22.2. The van der Waals surface area contributed by atoms with Gasteiger partial charge in [0.2, 0.25) is 0 Å². The first-order valence-electron chi connectivity index (χ1n) is 15.6. The molecule has 46 heavy (non-hydrogen) atoms. The number of halogens is 2. The van der Waals surface area contributed by atoms with E-state index < -0.39 is 0 Å². The highest BCUT2D eigenvalue weighted by atomic mass is 19.1. The van der Waals surface area contributed by atoms with Crippen LogP contribution < -0.4 is 0 Å². The molecule has 0 radical (unpaired) electrons. The van der Waals surface area contributed by atoms with Crippen molar-refractivity contribution in [2.24, 2.45) is 9.98 Å². The largest absolute Gasteiger partial charge is 0.246 e. The fraction of sp³-hybridized carbons (Fsp3) is 0.143. The Kier molecular flexibility index (Phi) is 7.44. The van der Waals surface area contributed by atoms with Gasteiger partial charge in [-0.2, -0.15) is 0 Å². The van der Waals surface area contributed by atoms with Gasteiger partial charge in [-0.3, -0.25) is 0 Å². The molecule has 0 spiro atoms. The summed E-state index contributed by atoms with van der Waals surface area (Å²) in [6, 6.07) is 34.4. The highest BCUT2D eigenvalue weighted by molar-refractivity contribution is 6.61. The molecule has 2 nitrogen and oxygen atoms in total. The summed E-state index contributed by atoms with van der Waals surface area (Å²) in [5.74, 6) is -0.913. The molecule has 4 heteroatoms. The third-order valence-corrected chi connectivity index (χ3v) is 8.91. The Morgan fingerprint density at radius 2 is 0.935 bits per heavy atom. The monoisotopic (exact) mass is 604 g/mol. The Bertz CT molecular complexity index is 2130. The Balaban J connectivity index is 1.52. The van der Waals surface area contributed by atoms with Crippen molar-refractivity contribution in [2.45, 2.75) is 40.5 Å². The SMILES string of the molecule is Cc1cc(C)c(N=C2C(=Nc3c(C)cc(C)cc3C(c3ccc(F)cc3)c3ccc(F)cc3)c3cccc4cccc2c34)c(C)c1. The van der Waals surface area contributed by atoms with Crippen molar-refractivity contribution in [3.05, 3.63) is 176 Å². The van der Waals surface area contributed by atoms with E-state index in [1.54, 1.807) is 24.3 Å². The van der Waals surface area contributed by atoms with Gasteiger partial charge in [0.05, 0.1) is 22.8 Å². The number of benzene rings is 6. The fourth-order valence-corrected chi connectivity index (χ4v) is 7.02. The summed E-state index contributed by atoms with van der Waals surface area (Å²) in [6.07, 6.45) is 0. The molecular weight excluding hydrogens is 570 g/mol. The summed E-state index contributed by atoms with van der Waals surface area (Å²) in [5.41, 5.74) is 13.8. The van der Waals surface area contributed by atoms with Gasteiger partial charge in [-0.15, -0.1) is 0 Å². The van der Waals surface area contributed by atoms with E-state index in [2.05, 4.69) is 95.3 Å². The van der Waals surface area contributed by atoms with E-state index in [1.165, 1.54) is 29.8 Å². The van der Waals surface area contributed by atoms with Gasteiger partial charge in [-0.05, 0) is 97.7 Å². The molecule has 0 unspecified atom stereocenters. The van der Waals surface area contributed by atoms with Crippen molar-refractivity contribution in [3.63, 3.8) is 0 Å². The van der Waals surface area contributed by atoms with Crippen LogP contribution >= 0.6 is 0 Å². The molecule has 1 aliphatic rings. The molecular formula is C42H34F2N2. The highest BCUT2D eigenvalue weighted by Crippen LogP contribution is 2.42. The second-order valence-electron chi connectivity index (χ2n) is 12.4. The van der Waals surface area contributed by atoms with Crippen LogP contribution in [0.25, 0.3) is 10.8 Å². The molecule has 226 valence electrons. The summed E-state index contributed by atoms with van der Waals surface area (Å²) in [5, 5.41) is 2.28. The van der Waals surface area contributed by atoms with Gasteiger partial charge in [0.25, 0.3) is 0 Å². The molecule has 7 rings (SSSR count). The number of aliphatic imine (C=N–C) groups is 2. The minimum absolute atomic E-state index is 0.304. The number of hydrogen-bond donors (Lipinski definition) is 0. The molecule has 6 aromatic rings. The number of rotatable bonds is 5. The zero-order valence-corrected chi connectivity index (χ0v) is 26.6. The van der Waals surface area contributed by atoms with Crippen LogP contribution in [-0.4, -0.2) is 11.4 Å². The van der Waals surface area contributed by atoms with Gasteiger partial charge in [0, 0.05) is 22.4 Å². The molecule has 1 aliphatic carbocycles. The minimum atomic E-state index is -0.305. The Morgan fingerprint density at radius 3 is 1.43 bits per heavy atom. The molecule has 0 saturated carbocycles. The summed E-state index contributed by atoms with van der Waals surface area (Å²) in [6.45, 7) is 10.5. The standard InChI is InChI=1S/C42H34F2N2/c1-24-20-26(3)39(27(4)21-24)45-41-34-10-6-8-29-9-7-11-35(38(29)34)42(41)46-40-28(5)22-25(2)23-36(40)37(30-12-16-32(43)17-13-30)31-14-18-33(44)19-15-31/h6-23,37H,1-5H3. The molecule has 0 heterocycles. The molecule has 0 fully saturated rings. The quantitative estimate of drug-likeness (QED) is 0.175.